The summed E-state index contributed by atoms with van der Waals surface area (Å²) in [5.74, 6) is 2.05. The van der Waals surface area contributed by atoms with Gasteiger partial charge in [0.25, 0.3) is 5.91 Å². The first-order valence-corrected chi connectivity index (χ1v) is 12.0. The van der Waals surface area contributed by atoms with E-state index >= 15 is 0 Å². The molecule has 2 atom stereocenters. The molecule has 5 aliphatic carbocycles. The Labute approximate surface area is 184 Å². The van der Waals surface area contributed by atoms with Crippen LogP contribution < -0.4 is 10.6 Å². The molecular weight excluding hydrogens is 392 g/mol. The zero-order valence-electron chi connectivity index (χ0n) is 18.7. The van der Waals surface area contributed by atoms with Crippen molar-refractivity contribution in [3.63, 3.8) is 0 Å². The SMILES string of the molecule is CC(C)(CO)Nc1ncc(C(=O)NC2C3CC4CC2CC(O)(C4)C3)c(C2CCCC2)n1. The molecule has 1 amide bonds. The van der Waals surface area contributed by atoms with Crippen molar-refractivity contribution in [2.45, 2.75) is 94.7 Å². The molecule has 1 aromatic heterocycles. The third-order valence-electron chi connectivity index (χ3n) is 8.19. The number of carbonyl (C=O) groups excluding carboxylic acids is 1. The Bertz CT molecular complexity index is 835. The van der Waals surface area contributed by atoms with Gasteiger partial charge in [0.1, 0.15) is 0 Å². The van der Waals surface area contributed by atoms with Crippen LogP contribution >= 0.6 is 0 Å². The van der Waals surface area contributed by atoms with E-state index in [1.807, 2.05) is 13.8 Å². The lowest BCUT2D eigenvalue weighted by molar-refractivity contribution is -0.136. The molecule has 6 rings (SSSR count). The highest BCUT2D eigenvalue weighted by Crippen LogP contribution is 2.55. The monoisotopic (exact) mass is 428 g/mol. The molecule has 0 aromatic carbocycles. The van der Waals surface area contributed by atoms with Crippen LogP contribution in [-0.2, 0) is 0 Å². The second-order valence-corrected chi connectivity index (χ2v) is 11.3. The van der Waals surface area contributed by atoms with E-state index in [1.54, 1.807) is 6.20 Å². The van der Waals surface area contributed by atoms with Crippen molar-refractivity contribution in [1.82, 2.24) is 15.3 Å². The molecule has 1 heterocycles. The summed E-state index contributed by atoms with van der Waals surface area (Å²) < 4.78 is 0. The van der Waals surface area contributed by atoms with Gasteiger partial charge in [0.05, 0.1) is 29.0 Å². The summed E-state index contributed by atoms with van der Waals surface area (Å²) >= 11 is 0. The molecule has 170 valence electrons. The minimum absolute atomic E-state index is 0.0326. The van der Waals surface area contributed by atoms with Crippen LogP contribution in [0.4, 0.5) is 5.95 Å². The standard InChI is InChI=1S/C24H36N4O3/c1-23(2,13-29)28-22-25-12-18(20(27-22)15-5-3-4-6-15)21(30)26-19-16-7-14-8-17(19)11-24(31,9-14)10-16/h12,14-17,19,29,31H,3-11,13H2,1-2H3,(H,26,30)(H,25,27,28). The van der Waals surface area contributed by atoms with Crippen LogP contribution in [0.25, 0.3) is 0 Å². The van der Waals surface area contributed by atoms with E-state index in [0.717, 1.165) is 63.5 Å². The average Bonchev–Trinajstić information content (AvgIpc) is 3.24. The van der Waals surface area contributed by atoms with Crippen LogP contribution in [0, 0.1) is 17.8 Å². The summed E-state index contributed by atoms with van der Waals surface area (Å²) in [6.07, 6.45) is 10.9. The number of nitrogens with zero attached hydrogens (tertiary/aromatic N) is 2. The summed E-state index contributed by atoms with van der Waals surface area (Å²) in [6.45, 7) is 3.76. The van der Waals surface area contributed by atoms with Gasteiger partial charge in [-0.15, -0.1) is 0 Å². The number of aliphatic hydroxyl groups excluding tert-OH is 1. The lowest BCUT2D eigenvalue weighted by atomic mass is 9.52. The van der Waals surface area contributed by atoms with Crippen molar-refractivity contribution in [1.29, 1.82) is 0 Å². The van der Waals surface area contributed by atoms with E-state index in [1.165, 1.54) is 0 Å². The molecule has 5 aliphatic rings. The number of anilines is 1. The smallest absolute Gasteiger partial charge is 0.254 e. The Hall–Kier alpha value is -1.73. The highest BCUT2D eigenvalue weighted by molar-refractivity contribution is 5.95. The molecule has 4 N–H and O–H groups in total. The maximum Gasteiger partial charge on any atom is 0.254 e. The van der Waals surface area contributed by atoms with Gasteiger partial charge in [0, 0.05) is 18.2 Å². The third kappa shape index (κ3) is 4.07. The number of aliphatic hydroxyl groups is 2. The van der Waals surface area contributed by atoms with Gasteiger partial charge in [-0.05, 0) is 76.5 Å². The minimum Gasteiger partial charge on any atom is -0.394 e. The Morgan fingerprint density at radius 2 is 1.87 bits per heavy atom. The quantitative estimate of drug-likeness (QED) is 0.555. The summed E-state index contributed by atoms with van der Waals surface area (Å²) in [5, 5.41) is 27.0. The molecular formula is C24H36N4O3. The number of hydrogen-bond acceptors (Lipinski definition) is 6. The van der Waals surface area contributed by atoms with Crippen LogP contribution in [0.3, 0.4) is 0 Å². The van der Waals surface area contributed by atoms with Crippen LogP contribution in [-0.4, -0.2) is 49.9 Å². The Kier molecular flexibility index (Phi) is 5.25. The van der Waals surface area contributed by atoms with Gasteiger partial charge in [-0.25, -0.2) is 9.97 Å². The number of amides is 1. The first-order chi connectivity index (χ1) is 14.8. The maximum atomic E-state index is 13.4. The molecule has 0 aliphatic heterocycles. The van der Waals surface area contributed by atoms with Gasteiger partial charge in [0.15, 0.2) is 0 Å². The summed E-state index contributed by atoms with van der Waals surface area (Å²) in [5.41, 5.74) is 0.399. The molecule has 1 aromatic rings. The highest BCUT2D eigenvalue weighted by atomic mass is 16.3. The molecule has 7 heteroatoms. The van der Waals surface area contributed by atoms with Gasteiger partial charge in [0.2, 0.25) is 5.95 Å². The molecule has 31 heavy (non-hydrogen) atoms. The fourth-order valence-electron chi connectivity index (χ4n) is 6.93. The molecule has 0 spiro atoms. The van der Waals surface area contributed by atoms with Crippen molar-refractivity contribution in [2.75, 3.05) is 11.9 Å². The summed E-state index contributed by atoms with van der Waals surface area (Å²) in [6, 6.07) is 0.145. The lowest BCUT2D eigenvalue weighted by Crippen LogP contribution is -2.61. The van der Waals surface area contributed by atoms with E-state index in [4.69, 9.17) is 4.98 Å². The first kappa shape index (κ1) is 21.1. The molecule has 5 saturated carbocycles. The fourth-order valence-corrected chi connectivity index (χ4v) is 6.93. The topological polar surface area (TPSA) is 107 Å². The Balaban J connectivity index is 1.38. The number of aromatic nitrogens is 2. The predicted molar refractivity (Wildman–Crippen MR) is 118 cm³/mol. The van der Waals surface area contributed by atoms with Gasteiger partial charge < -0.3 is 20.8 Å². The van der Waals surface area contributed by atoms with Gasteiger partial charge in [-0.3, -0.25) is 4.79 Å². The maximum absolute atomic E-state index is 13.4. The van der Waals surface area contributed by atoms with Gasteiger partial charge in [-0.2, -0.15) is 0 Å². The second kappa shape index (κ2) is 7.69. The number of hydrogen-bond donors (Lipinski definition) is 4. The second-order valence-electron chi connectivity index (χ2n) is 11.3. The normalized spacial score (nSPS) is 34.8. The van der Waals surface area contributed by atoms with E-state index < -0.39 is 11.1 Å². The number of carbonyl (C=O) groups is 1. The summed E-state index contributed by atoms with van der Waals surface area (Å²) in [4.78, 5) is 22.6. The van der Waals surface area contributed by atoms with E-state index in [9.17, 15) is 15.0 Å². The number of nitrogens with one attached hydrogen (secondary N) is 2. The van der Waals surface area contributed by atoms with Crippen molar-refractivity contribution < 1.29 is 15.0 Å². The zero-order chi connectivity index (χ0) is 21.8. The number of rotatable bonds is 6. The van der Waals surface area contributed by atoms with E-state index in [0.29, 0.717) is 29.3 Å². The largest absolute Gasteiger partial charge is 0.394 e. The van der Waals surface area contributed by atoms with Crippen molar-refractivity contribution >= 4 is 11.9 Å². The first-order valence-electron chi connectivity index (χ1n) is 12.0. The molecule has 5 fully saturated rings. The van der Waals surface area contributed by atoms with Crippen LogP contribution in [0.15, 0.2) is 6.20 Å². The average molecular weight is 429 g/mol. The Morgan fingerprint density at radius 3 is 2.48 bits per heavy atom. The molecule has 2 unspecified atom stereocenters. The van der Waals surface area contributed by atoms with E-state index in [2.05, 4.69) is 15.6 Å². The molecule has 4 bridgehead atoms. The van der Waals surface area contributed by atoms with Crippen molar-refractivity contribution in [3.8, 4) is 0 Å². The molecule has 0 saturated heterocycles. The van der Waals surface area contributed by atoms with Crippen LogP contribution in [0.5, 0.6) is 0 Å². The van der Waals surface area contributed by atoms with E-state index in [-0.39, 0.29) is 24.5 Å². The summed E-state index contributed by atoms with van der Waals surface area (Å²) in [7, 11) is 0. The van der Waals surface area contributed by atoms with Crippen molar-refractivity contribution in [2.24, 2.45) is 17.8 Å². The molecule has 7 nitrogen and oxygen atoms in total. The lowest BCUT2D eigenvalue weighted by Gasteiger charge is -2.58. The minimum atomic E-state index is -0.530. The predicted octanol–water partition coefficient (Wildman–Crippen LogP) is 2.99. The fraction of sp³-hybridized carbons (Fsp3) is 0.792. The van der Waals surface area contributed by atoms with Gasteiger partial charge >= 0.3 is 0 Å². The van der Waals surface area contributed by atoms with Crippen molar-refractivity contribution in [3.05, 3.63) is 17.5 Å². The Morgan fingerprint density at radius 1 is 1.19 bits per heavy atom. The zero-order valence-corrected chi connectivity index (χ0v) is 18.7. The van der Waals surface area contributed by atoms with Crippen LogP contribution in [0.1, 0.15) is 93.6 Å². The van der Waals surface area contributed by atoms with Crippen LogP contribution in [0.2, 0.25) is 0 Å². The third-order valence-corrected chi connectivity index (χ3v) is 8.19. The van der Waals surface area contributed by atoms with Gasteiger partial charge in [-0.1, -0.05) is 12.8 Å². The molecule has 0 radical (unpaired) electrons. The highest BCUT2D eigenvalue weighted by Gasteiger charge is 2.55.